The second kappa shape index (κ2) is 23.7. The number of halogens is 1. The van der Waals surface area contributed by atoms with Crippen molar-refractivity contribution in [2.45, 2.75) is 90.9 Å². The average molecular weight is 725 g/mol. The van der Waals surface area contributed by atoms with Gasteiger partial charge in [0.1, 0.15) is 23.0 Å². The molecule has 1 aliphatic heterocycles. The fourth-order valence-electron chi connectivity index (χ4n) is 5.09. The van der Waals surface area contributed by atoms with Crippen LogP contribution in [0.1, 0.15) is 112 Å². The van der Waals surface area contributed by atoms with E-state index in [1.165, 1.54) is 43.4 Å². The van der Waals surface area contributed by atoms with Gasteiger partial charge in [-0.15, -0.1) is 0 Å². The molecule has 0 aliphatic carbocycles. The van der Waals surface area contributed by atoms with E-state index >= 15 is 0 Å². The third kappa shape index (κ3) is 14.3. The van der Waals surface area contributed by atoms with Crippen LogP contribution in [0.5, 0.6) is 23.0 Å². The molecule has 8 heteroatoms. The first-order valence-corrected chi connectivity index (χ1v) is 18.9. The number of alkyl halides is 1. The van der Waals surface area contributed by atoms with Crippen LogP contribution in [-0.4, -0.2) is 55.0 Å². The fourth-order valence-corrected chi connectivity index (χ4v) is 5.49. The SMILES string of the molecule is CCCCCCOc1ccc(OCCCCBr)cc1.CCCCCCOc1ccc(OCCCCN2C(=O)c3ccccc3C2=O)cc1. The molecule has 0 fully saturated rings. The molecule has 3 aromatic carbocycles. The summed E-state index contributed by atoms with van der Waals surface area (Å²) in [7, 11) is 0. The van der Waals surface area contributed by atoms with Gasteiger partial charge in [0.05, 0.1) is 37.6 Å². The first-order valence-electron chi connectivity index (χ1n) is 17.8. The van der Waals surface area contributed by atoms with Crippen molar-refractivity contribution >= 4 is 27.7 Å². The van der Waals surface area contributed by atoms with Gasteiger partial charge in [-0.2, -0.15) is 0 Å². The second-order valence-corrected chi connectivity index (χ2v) is 12.7. The van der Waals surface area contributed by atoms with Crippen LogP contribution < -0.4 is 18.9 Å². The molecule has 2 amide bonds. The molecule has 0 bridgehead atoms. The quantitative estimate of drug-likeness (QED) is 0.0551. The highest BCUT2D eigenvalue weighted by molar-refractivity contribution is 9.09. The van der Waals surface area contributed by atoms with Crippen LogP contribution >= 0.6 is 15.9 Å². The number of hydrogen-bond donors (Lipinski definition) is 0. The van der Waals surface area contributed by atoms with Crippen LogP contribution in [0.15, 0.2) is 72.8 Å². The normalized spacial score (nSPS) is 11.9. The van der Waals surface area contributed by atoms with E-state index in [1.807, 2.05) is 48.5 Å². The van der Waals surface area contributed by atoms with Crippen LogP contribution in [0.25, 0.3) is 0 Å². The third-order valence-corrected chi connectivity index (χ3v) is 8.46. The van der Waals surface area contributed by atoms with Crippen molar-refractivity contribution in [3.05, 3.63) is 83.9 Å². The van der Waals surface area contributed by atoms with E-state index in [4.69, 9.17) is 18.9 Å². The van der Waals surface area contributed by atoms with Crippen molar-refractivity contribution in [2.75, 3.05) is 38.3 Å². The lowest BCUT2D eigenvalue weighted by Crippen LogP contribution is -2.30. The summed E-state index contributed by atoms with van der Waals surface area (Å²) in [6.07, 6.45) is 13.4. The Morgan fingerprint density at radius 3 is 1.19 bits per heavy atom. The molecular weight excluding hydrogens is 670 g/mol. The highest BCUT2D eigenvalue weighted by Crippen LogP contribution is 2.23. The summed E-state index contributed by atoms with van der Waals surface area (Å²) < 4.78 is 22.8. The van der Waals surface area contributed by atoms with Gasteiger partial charge < -0.3 is 18.9 Å². The minimum atomic E-state index is -0.197. The Kier molecular flexibility index (Phi) is 19.3. The number of fused-ring (bicyclic) bond motifs is 1. The summed E-state index contributed by atoms with van der Waals surface area (Å²) in [5, 5.41) is 1.04. The maximum Gasteiger partial charge on any atom is 0.261 e. The topological polar surface area (TPSA) is 74.3 Å². The predicted molar refractivity (Wildman–Crippen MR) is 197 cm³/mol. The van der Waals surface area contributed by atoms with Gasteiger partial charge in [-0.3, -0.25) is 14.5 Å². The number of carbonyl (C=O) groups excluding carboxylic acids is 2. The Balaban J connectivity index is 0.000000286. The number of hydrogen-bond acceptors (Lipinski definition) is 6. The lowest BCUT2D eigenvalue weighted by Gasteiger charge is -2.13. The van der Waals surface area contributed by atoms with E-state index in [0.717, 1.165) is 80.3 Å². The van der Waals surface area contributed by atoms with E-state index in [0.29, 0.717) is 30.7 Å². The molecule has 262 valence electrons. The highest BCUT2D eigenvalue weighted by atomic mass is 79.9. The molecule has 0 atom stereocenters. The summed E-state index contributed by atoms with van der Waals surface area (Å²) in [6, 6.07) is 22.6. The van der Waals surface area contributed by atoms with Crippen LogP contribution in [0.3, 0.4) is 0 Å². The number of nitrogens with zero attached hydrogens (tertiary/aromatic N) is 1. The minimum Gasteiger partial charge on any atom is -0.494 e. The number of rotatable bonds is 23. The van der Waals surface area contributed by atoms with Gasteiger partial charge in [0, 0.05) is 11.9 Å². The lowest BCUT2D eigenvalue weighted by atomic mass is 10.1. The summed E-state index contributed by atoms with van der Waals surface area (Å²) in [5.41, 5.74) is 1.00. The maximum atomic E-state index is 12.3. The van der Waals surface area contributed by atoms with Crippen molar-refractivity contribution in [3.63, 3.8) is 0 Å². The summed E-state index contributed by atoms with van der Waals surface area (Å²) >= 11 is 3.41. The van der Waals surface area contributed by atoms with Crippen LogP contribution in [0.4, 0.5) is 0 Å². The van der Waals surface area contributed by atoms with Crippen molar-refractivity contribution < 1.29 is 28.5 Å². The molecule has 0 aromatic heterocycles. The monoisotopic (exact) mass is 723 g/mol. The lowest BCUT2D eigenvalue weighted by molar-refractivity contribution is 0.0649. The fraction of sp³-hybridized carbons (Fsp3) is 0.500. The standard InChI is InChI=1S/C24H29NO4.C16H25BrO2/c1-2-3-4-8-17-28-19-12-14-20(15-13-19)29-18-9-7-16-25-23(26)21-10-5-6-11-22(21)24(25)27;1-2-3-4-6-13-18-15-8-10-16(11-9-15)19-14-7-5-12-17/h5-6,10-15H,2-4,7-9,16-18H2,1H3;8-11H,2-7,12-14H2,1H3. The molecule has 4 rings (SSSR count). The predicted octanol–water partition coefficient (Wildman–Crippen LogP) is 10.3. The Hall–Kier alpha value is -3.52. The van der Waals surface area contributed by atoms with Crippen LogP contribution in [-0.2, 0) is 0 Å². The largest absolute Gasteiger partial charge is 0.494 e. The molecule has 1 aliphatic rings. The molecule has 0 radical (unpaired) electrons. The maximum absolute atomic E-state index is 12.3. The van der Waals surface area contributed by atoms with Crippen molar-refractivity contribution in [1.82, 2.24) is 4.90 Å². The zero-order valence-corrected chi connectivity index (χ0v) is 30.5. The first-order chi connectivity index (χ1) is 23.6. The Labute approximate surface area is 296 Å². The summed E-state index contributed by atoms with van der Waals surface area (Å²) in [4.78, 5) is 26.0. The molecule has 1 heterocycles. The van der Waals surface area contributed by atoms with Crippen LogP contribution in [0.2, 0.25) is 0 Å². The zero-order chi connectivity index (χ0) is 34.2. The number of carbonyl (C=O) groups is 2. The second-order valence-electron chi connectivity index (χ2n) is 11.9. The van der Waals surface area contributed by atoms with E-state index in [-0.39, 0.29) is 11.8 Å². The smallest absolute Gasteiger partial charge is 0.261 e. The van der Waals surface area contributed by atoms with Gasteiger partial charge in [-0.25, -0.2) is 0 Å². The zero-order valence-electron chi connectivity index (χ0n) is 28.9. The third-order valence-electron chi connectivity index (χ3n) is 7.90. The minimum absolute atomic E-state index is 0.197. The molecule has 0 saturated carbocycles. The van der Waals surface area contributed by atoms with E-state index < -0.39 is 0 Å². The molecule has 0 spiro atoms. The number of unbranched alkanes of at least 4 members (excludes halogenated alkanes) is 8. The molecular formula is C40H54BrNO6. The van der Waals surface area contributed by atoms with Gasteiger partial charge in [0.25, 0.3) is 11.8 Å². The molecule has 7 nitrogen and oxygen atoms in total. The highest BCUT2D eigenvalue weighted by Gasteiger charge is 2.34. The van der Waals surface area contributed by atoms with E-state index in [1.54, 1.807) is 24.3 Å². The van der Waals surface area contributed by atoms with E-state index in [2.05, 4.69) is 29.8 Å². The van der Waals surface area contributed by atoms with Crippen molar-refractivity contribution in [2.24, 2.45) is 0 Å². The number of ether oxygens (including phenoxy) is 4. The van der Waals surface area contributed by atoms with Gasteiger partial charge >= 0.3 is 0 Å². The Morgan fingerprint density at radius 1 is 0.479 bits per heavy atom. The first kappa shape index (κ1) is 38.9. The van der Waals surface area contributed by atoms with Crippen molar-refractivity contribution in [1.29, 1.82) is 0 Å². The van der Waals surface area contributed by atoms with Crippen LogP contribution in [0, 0.1) is 0 Å². The molecule has 0 saturated heterocycles. The summed E-state index contributed by atoms with van der Waals surface area (Å²) in [6.45, 7) is 7.72. The van der Waals surface area contributed by atoms with Gasteiger partial charge in [0.2, 0.25) is 0 Å². The number of amides is 2. The Morgan fingerprint density at radius 2 is 0.833 bits per heavy atom. The molecule has 0 unspecified atom stereocenters. The molecule has 0 N–H and O–H groups in total. The Bertz CT molecular complexity index is 1280. The van der Waals surface area contributed by atoms with Crippen molar-refractivity contribution in [3.8, 4) is 23.0 Å². The molecule has 3 aromatic rings. The molecule has 48 heavy (non-hydrogen) atoms. The average Bonchev–Trinajstić information content (AvgIpc) is 3.36. The van der Waals surface area contributed by atoms with E-state index in [9.17, 15) is 9.59 Å². The van der Waals surface area contributed by atoms with Gasteiger partial charge in [0.15, 0.2) is 0 Å². The van der Waals surface area contributed by atoms with Gasteiger partial charge in [-0.05, 0) is 99.2 Å². The summed E-state index contributed by atoms with van der Waals surface area (Å²) in [5.74, 6) is 3.12. The van der Waals surface area contributed by atoms with Gasteiger partial charge in [-0.1, -0.05) is 80.4 Å². The number of benzene rings is 3. The number of imide groups is 1.